The van der Waals surface area contributed by atoms with Crippen molar-refractivity contribution in [3.63, 3.8) is 0 Å². The van der Waals surface area contributed by atoms with Gasteiger partial charge in [-0.15, -0.1) is 0 Å². The molecule has 0 bridgehead atoms. The first-order chi connectivity index (χ1) is 36.6. The van der Waals surface area contributed by atoms with Crippen LogP contribution in [0.25, 0.3) is 0 Å². The Bertz CT molecular complexity index is 1600. The quantitative estimate of drug-likeness (QED) is 0.0306. The molecule has 3 amide bonds. The van der Waals surface area contributed by atoms with Crippen LogP contribution in [0.15, 0.2) is 0 Å². The Labute approximate surface area is 442 Å². The van der Waals surface area contributed by atoms with Crippen LogP contribution in [0.1, 0.15) is 13.3 Å². The lowest BCUT2D eigenvalue weighted by Crippen LogP contribution is -2.63. The molecule has 36 nitrogen and oxygen atoms in total. The van der Waals surface area contributed by atoms with Gasteiger partial charge >= 0.3 is 0 Å². The molecule has 0 aromatic carbocycles. The van der Waals surface area contributed by atoms with Crippen molar-refractivity contribution >= 4 is 17.7 Å². The fourth-order valence-electron chi connectivity index (χ4n) is 8.22. The Morgan fingerprint density at radius 1 is 0.410 bits per heavy atom. The van der Waals surface area contributed by atoms with Crippen molar-refractivity contribution < 1.29 is 165 Å². The molecule has 3 fully saturated rings. The number of rotatable bonds is 31. The Morgan fingerprint density at radius 2 is 0.641 bits per heavy atom. The molecule has 3 heterocycles. The number of ether oxygens (including phenoxy) is 6. The highest BCUT2D eigenvalue weighted by molar-refractivity contribution is 5.83. The Kier molecular flexibility index (Phi) is 28.1. The van der Waals surface area contributed by atoms with E-state index in [4.69, 9.17) is 28.4 Å². The lowest BCUT2D eigenvalue weighted by molar-refractivity contribution is -0.326. The minimum Gasteiger partial charge on any atom is -0.394 e. The van der Waals surface area contributed by atoms with Crippen LogP contribution in [-0.4, -0.2) is 365 Å². The first-order valence-corrected chi connectivity index (χ1v) is 24.2. The minimum atomic E-state index is -2.70. The topological polar surface area (TPSA) is 628 Å². The Hall–Kier alpha value is -2.79. The molecule has 27 unspecified atom stereocenters. The number of hydrogen-bond donors (Lipinski definition) is 27. The van der Waals surface area contributed by atoms with Crippen LogP contribution in [0.2, 0.25) is 0 Å². The predicted octanol–water partition coefficient (Wildman–Crippen LogP) is -17.5. The maximum Gasteiger partial charge on any atom is 0.251 e. The zero-order valence-electron chi connectivity index (χ0n) is 41.6. The lowest BCUT2D eigenvalue weighted by atomic mass is 9.84. The molecule has 3 rings (SSSR count). The summed E-state index contributed by atoms with van der Waals surface area (Å²) in [4.78, 5) is 40.7. The number of carbonyl (C=O) groups is 3. The first-order valence-electron chi connectivity index (χ1n) is 24.2. The molecular formula is C42H77N3O33. The molecule has 36 heteroatoms. The molecule has 0 spiro atoms. The second-order valence-electron chi connectivity index (χ2n) is 19.0. The Morgan fingerprint density at radius 3 is 0.833 bits per heavy atom. The van der Waals surface area contributed by atoms with Crippen LogP contribution in [0.3, 0.4) is 0 Å². The molecule has 0 aromatic heterocycles. The van der Waals surface area contributed by atoms with Crippen LogP contribution < -0.4 is 16.0 Å². The average molecular weight is 1150 g/mol. The van der Waals surface area contributed by atoms with E-state index in [2.05, 4.69) is 16.0 Å². The van der Waals surface area contributed by atoms with E-state index in [-0.39, 0.29) is 6.42 Å². The normalized spacial score (nSPS) is 35.3. The maximum absolute atomic E-state index is 13.6. The van der Waals surface area contributed by atoms with E-state index in [9.17, 15) is 137 Å². The zero-order valence-corrected chi connectivity index (χ0v) is 41.6. The standard InChI is InChI=1S/C42H77N3O33/c1-2-42(9-43-36(70)27(64)24(61)33(12(52)3-46)76-39-30(67)21(58)18(55)15(6-49)73-39,10-44-37(71)28(65)25(62)34(13(53)4-47)77-40-31(68)22(59)19(56)16(7-50)74-40)11-45-38(72)29(66)26(63)35(14(54)5-48)78-41-32(69)23(60)20(57)17(8-51)75-41/h12-35,39-41,46-69H,2-11H2,1H3,(H,43,70)(H,44,71)(H,45,72). The molecule has 27 N–H and O–H groups in total. The number of amides is 3. The Balaban J connectivity index is 1.93. The van der Waals surface area contributed by atoms with Gasteiger partial charge in [0.1, 0.15) is 128 Å². The number of aliphatic hydroxyl groups is 24. The van der Waals surface area contributed by atoms with Crippen molar-refractivity contribution in [1.82, 2.24) is 16.0 Å². The van der Waals surface area contributed by atoms with E-state index < -0.39 is 248 Å². The van der Waals surface area contributed by atoms with Crippen molar-refractivity contribution in [3.05, 3.63) is 0 Å². The van der Waals surface area contributed by atoms with Gasteiger partial charge in [0.05, 0.1) is 39.6 Å². The summed E-state index contributed by atoms with van der Waals surface area (Å²) in [5.74, 6) is -4.73. The molecule has 3 aliphatic heterocycles. The third kappa shape index (κ3) is 16.9. The van der Waals surface area contributed by atoms with Gasteiger partial charge in [0.2, 0.25) is 0 Å². The highest BCUT2D eigenvalue weighted by Crippen LogP contribution is 2.29. The fourth-order valence-corrected chi connectivity index (χ4v) is 8.22. The van der Waals surface area contributed by atoms with Crippen molar-refractivity contribution in [2.75, 3.05) is 59.3 Å². The molecule has 0 radical (unpaired) electrons. The first kappa shape index (κ1) is 69.5. The molecular weight excluding hydrogens is 1070 g/mol. The lowest BCUT2D eigenvalue weighted by Gasteiger charge is -2.42. The van der Waals surface area contributed by atoms with Gasteiger partial charge in [-0.05, 0) is 6.42 Å². The summed E-state index contributed by atoms with van der Waals surface area (Å²) in [6.07, 6.45) is -59.2. The van der Waals surface area contributed by atoms with Gasteiger partial charge in [-0.3, -0.25) is 14.4 Å². The van der Waals surface area contributed by atoms with E-state index >= 15 is 0 Å². The van der Waals surface area contributed by atoms with Crippen LogP contribution in [0, 0.1) is 5.41 Å². The third-order valence-corrected chi connectivity index (χ3v) is 13.6. The highest BCUT2D eigenvalue weighted by Gasteiger charge is 2.51. The smallest absolute Gasteiger partial charge is 0.251 e. The number of hydrogen-bond acceptors (Lipinski definition) is 33. The van der Waals surface area contributed by atoms with Gasteiger partial charge in [0, 0.05) is 25.0 Å². The van der Waals surface area contributed by atoms with Gasteiger partial charge in [0.15, 0.2) is 37.2 Å². The SMILES string of the molecule is CCC(CNC(=O)C(O)C(O)C(OC1OC(CO)C(O)C(O)C1O)C(O)CO)(CNC(=O)C(O)C(O)C(OC1OC(CO)C(O)C(O)C1O)C(O)CO)CNC(=O)C(O)C(O)C(OC1OC(CO)C(O)C(O)C1O)C(O)CO. The monoisotopic (exact) mass is 1150 g/mol. The maximum atomic E-state index is 13.6. The summed E-state index contributed by atoms with van der Waals surface area (Å²) in [5, 5.41) is 254. The molecule has 0 aliphatic carbocycles. The zero-order chi connectivity index (χ0) is 59.3. The van der Waals surface area contributed by atoms with Crippen molar-refractivity contribution in [2.45, 2.75) is 179 Å². The van der Waals surface area contributed by atoms with E-state index in [1.165, 1.54) is 6.92 Å². The number of aliphatic hydroxyl groups excluding tert-OH is 24. The van der Waals surface area contributed by atoms with Crippen LogP contribution in [-0.2, 0) is 42.8 Å². The van der Waals surface area contributed by atoms with Crippen molar-refractivity contribution in [2.24, 2.45) is 5.41 Å². The number of carbonyl (C=O) groups excluding carboxylic acids is 3. The van der Waals surface area contributed by atoms with Crippen LogP contribution in [0.4, 0.5) is 0 Å². The van der Waals surface area contributed by atoms with E-state index in [0.717, 1.165) is 0 Å². The molecule has 3 saturated heterocycles. The summed E-state index contributed by atoms with van der Waals surface area (Å²) in [5.41, 5.74) is -1.88. The average Bonchev–Trinajstić information content (AvgIpc) is 3.44. The summed E-state index contributed by atoms with van der Waals surface area (Å²) in [6.45, 7) is -7.96. The summed E-state index contributed by atoms with van der Waals surface area (Å²) < 4.78 is 31.5. The second-order valence-corrected chi connectivity index (χ2v) is 19.0. The molecule has 0 saturated carbocycles. The second kappa shape index (κ2) is 31.6. The van der Waals surface area contributed by atoms with Gasteiger partial charge in [-0.25, -0.2) is 0 Å². The third-order valence-electron chi connectivity index (χ3n) is 13.6. The highest BCUT2D eigenvalue weighted by atomic mass is 16.7. The molecule has 27 atom stereocenters. The van der Waals surface area contributed by atoms with Crippen LogP contribution >= 0.6 is 0 Å². The largest absolute Gasteiger partial charge is 0.394 e. The number of nitrogens with one attached hydrogen (secondary N) is 3. The summed E-state index contributed by atoms with van der Waals surface area (Å²) >= 11 is 0. The predicted molar refractivity (Wildman–Crippen MR) is 243 cm³/mol. The molecule has 0 aromatic rings. The van der Waals surface area contributed by atoms with E-state index in [1.54, 1.807) is 0 Å². The van der Waals surface area contributed by atoms with Crippen molar-refractivity contribution in [1.29, 1.82) is 0 Å². The van der Waals surface area contributed by atoms with Crippen LogP contribution in [0.5, 0.6) is 0 Å². The summed E-state index contributed by atoms with van der Waals surface area (Å²) in [6, 6.07) is 0. The van der Waals surface area contributed by atoms with E-state index in [0.29, 0.717) is 0 Å². The minimum absolute atomic E-state index is 0.339. The van der Waals surface area contributed by atoms with Crippen molar-refractivity contribution in [3.8, 4) is 0 Å². The van der Waals surface area contributed by atoms with Gasteiger partial charge in [0.25, 0.3) is 17.7 Å². The molecule has 78 heavy (non-hydrogen) atoms. The van der Waals surface area contributed by atoms with E-state index in [1.807, 2.05) is 0 Å². The van der Waals surface area contributed by atoms with Gasteiger partial charge in [-0.1, -0.05) is 6.92 Å². The molecule has 3 aliphatic rings. The summed E-state index contributed by atoms with van der Waals surface area (Å²) in [7, 11) is 0. The fraction of sp³-hybridized carbons (Fsp3) is 0.929. The molecule has 458 valence electrons. The van der Waals surface area contributed by atoms with Gasteiger partial charge in [-0.2, -0.15) is 0 Å². The van der Waals surface area contributed by atoms with Gasteiger partial charge < -0.3 is 167 Å².